The Kier molecular flexibility index (Phi) is 4.90. The Morgan fingerprint density at radius 3 is 2.94 bits per heavy atom. The van der Waals surface area contributed by atoms with Crippen molar-refractivity contribution in [3.05, 3.63) is 57.2 Å². The average Bonchev–Trinajstić information content (AvgIpc) is 2.37. The Balaban J connectivity index is 2.00. The van der Waals surface area contributed by atoms with Gasteiger partial charge in [0.15, 0.2) is 0 Å². The van der Waals surface area contributed by atoms with Crippen LogP contribution >= 0.6 is 27.5 Å². The first-order valence-electron chi connectivity index (χ1n) is 6.14. The summed E-state index contributed by atoms with van der Waals surface area (Å²) in [6, 6.07) is 6.00. The van der Waals surface area contributed by atoms with Crippen LogP contribution in [0.1, 0.15) is 18.9 Å². The van der Waals surface area contributed by atoms with Crippen molar-refractivity contribution in [1.29, 1.82) is 0 Å². The third-order valence-electron chi connectivity index (χ3n) is 2.96. The number of benzene rings is 1. The molecule has 3 heteroatoms. The summed E-state index contributed by atoms with van der Waals surface area (Å²) in [5.41, 5.74) is 1.19. The van der Waals surface area contributed by atoms with Gasteiger partial charge >= 0.3 is 0 Å². The van der Waals surface area contributed by atoms with E-state index in [1.165, 1.54) is 5.56 Å². The van der Waals surface area contributed by atoms with Crippen molar-refractivity contribution in [1.82, 2.24) is 0 Å². The fraction of sp³-hybridized carbons (Fsp3) is 0.333. The third-order valence-corrected chi connectivity index (χ3v) is 3.82. The normalized spacial score (nSPS) is 18.6. The molecule has 0 radical (unpaired) electrons. The molecule has 1 aliphatic rings. The molecule has 0 heterocycles. The highest BCUT2D eigenvalue weighted by molar-refractivity contribution is 9.10. The second-order valence-electron chi connectivity index (χ2n) is 4.33. The lowest BCUT2D eigenvalue weighted by atomic mass is 9.93. The monoisotopic (exact) mass is 326 g/mol. The van der Waals surface area contributed by atoms with Gasteiger partial charge in [0, 0.05) is 9.50 Å². The van der Waals surface area contributed by atoms with E-state index in [4.69, 9.17) is 16.3 Å². The van der Waals surface area contributed by atoms with Crippen molar-refractivity contribution in [2.75, 3.05) is 6.61 Å². The molecule has 0 spiro atoms. The van der Waals surface area contributed by atoms with Gasteiger partial charge in [-0.2, -0.15) is 0 Å². The summed E-state index contributed by atoms with van der Waals surface area (Å²) in [7, 11) is 0. The summed E-state index contributed by atoms with van der Waals surface area (Å²) in [4.78, 5) is 0. The summed E-state index contributed by atoms with van der Waals surface area (Å²) in [5, 5.41) is 0.839. The third kappa shape index (κ3) is 3.63. The van der Waals surface area contributed by atoms with Crippen molar-refractivity contribution in [2.45, 2.75) is 19.8 Å². The van der Waals surface area contributed by atoms with E-state index < -0.39 is 0 Å². The molecule has 0 aliphatic heterocycles. The van der Waals surface area contributed by atoms with E-state index in [-0.39, 0.29) is 0 Å². The van der Waals surface area contributed by atoms with Crippen LogP contribution in [0.5, 0.6) is 0 Å². The topological polar surface area (TPSA) is 9.23 Å². The van der Waals surface area contributed by atoms with Crippen LogP contribution in [-0.2, 0) is 11.2 Å². The van der Waals surface area contributed by atoms with Crippen molar-refractivity contribution in [3.63, 3.8) is 0 Å². The number of hydrogen-bond donors (Lipinski definition) is 0. The molecule has 0 fully saturated rings. The van der Waals surface area contributed by atoms with Crippen molar-refractivity contribution in [2.24, 2.45) is 5.92 Å². The van der Waals surface area contributed by atoms with Crippen LogP contribution in [0.2, 0.25) is 5.02 Å². The number of allylic oxidation sites excluding steroid dienone is 3. The number of rotatable bonds is 4. The van der Waals surface area contributed by atoms with E-state index >= 15 is 0 Å². The molecule has 0 amide bonds. The van der Waals surface area contributed by atoms with Crippen LogP contribution in [0, 0.1) is 5.92 Å². The van der Waals surface area contributed by atoms with Crippen LogP contribution in [-0.4, -0.2) is 6.61 Å². The maximum atomic E-state index is 6.21. The standard InChI is InChI=1S/C15H16BrClO/c1-2-18-14-6-3-11(4-7-14)9-12-10-13(16)5-8-15(12)17/h3,5-8,10-11H,2,4,9H2,1H3. The molecular formula is C15H16BrClO. The van der Waals surface area contributed by atoms with Crippen LogP contribution in [0.3, 0.4) is 0 Å². The summed E-state index contributed by atoms with van der Waals surface area (Å²) in [6.07, 6.45) is 8.39. The van der Waals surface area contributed by atoms with Gasteiger partial charge in [0.25, 0.3) is 0 Å². The summed E-state index contributed by atoms with van der Waals surface area (Å²) >= 11 is 9.69. The van der Waals surface area contributed by atoms with Gasteiger partial charge in [0.1, 0.15) is 5.76 Å². The Morgan fingerprint density at radius 1 is 1.44 bits per heavy atom. The van der Waals surface area contributed by atoms with Crippen molar-refractivity contribution < 1.29 is 4.74 Å². The van der Waals surface area contributed by atoms with Gasteiger partial charge in [-0.3, -0.25) is 0 Å². The second-order valence-corrected chi connectivity index (χ2v) is 5.66. The van der Waals surface area contributed by atoms with Gasteiger partial charge in [-0.25, -0.2) is 0 Å². The highest BCUT2D eigenvalue weighted by atomic mass is 79.9. The van der Waals surface area contributed by atoms with Gasteiger partial charge in [-0.1, -0.05) is 33.6 Å². The zero-order valence-corrected chi connectivity index (χ0v) is 12.7. The maximum absolute atomic E-state index is 6.21. The molecule has 18 heavy (non-hydrogen) atoms. The predicted octanol–water partition coefficient (Wildman–Crippen LogP) is 5.14. The fourth-order valence-electron chi connectivity index (χ4n) is 2.05. The molecule has 1 unspecified atom stereocenters. The lowest BCUT2D eigenvalue weighted by molar-refractivity contribution is 0.238. The Bertz CT molecular complexity index is 479. The van der Waals surface area contributed by atoms with Gasteiger partial charge in [0.05, 0.1) is 6.61 Å². The minimum atomic E-state index is 0.501. The average molecular weight is 328 g/mol. The zero-order chi connectivity index (χ0) is 13.0. The molecule has 1 aliphatic carbocycles. The molecule has 0 saturated carbocycles. The molecule has 0 saturated heterocycles. The zero-order valence-electron chi connectivity index (χ0n) is 10.3. The largest absolute Gasteiger partial charge is 0.494 e. The number of ether oxygens (including phenoxy) is 1. The molecule has 1 aromatic rings. The molecule has 1 atom stereocenters. The molecular weight excluding hydrogens is 312 g/mol. The molecule has 1 aromatic carbocycles. The molecule has 96 valence electrons. The molecule has 0 N–H and O–H groups in total. The first-order valence-corrected chi connectivity index (χ1v) is 7.31. The predicted molar refractivity (Wildman–Crippen MR) is 79.8 cm³/mol. The Labute approximate surface area is 122 Å². The van der Waals surface area contributed by atoms with Gasteiger partial charge in [-0.05, 0) is 61.6 Å². The van der Waals surface area contributed by atoms with E-state index in [0.717, 1.165) is 34.7 Å². The van der Waals surface area contributed by atoms with Crippen molar-refractivity contribution >= 4 is 27.5 Å². The number of halogens is 2. The molecule has 1 nitrogen and oxygen atoms in total. The van der Waals surface area contributed by atoms with E-state index in [9.17, 15) is 0 Å². The smallest absolute Gasteiger partial charge is 0.115 e. The minimum Gasteiger partial charge on any atom is -0.494 e. The van der Waals surface area contributed by atoms with E-state index in [1.54, 1.807) is 0 Å². The quantitative estimate of drug-likeness (QED) is 0.744. The molecule has 0 bridgehead atoms. The van der Waals surface area contributed by atoms with Gasteiger partial charge in [-0.15, -0.1) is 0 Å². The fourth-order valence-corrected chi connectivity index (χ4v) is 2.66. The second kappa shape index (κ2) is 6.44. The first-order chi connectivity index (χ1) is 8.69. The highest BCUT2D eigenvalue weighted by Gasteiger charge is 2.12. The van der Waals surface area contributed by atoms with Crippen molar-refractivity contribution in [3.8, 4) is 0 Å². The lowest BCUT2D eigenvalue weighted by Gasteiger charge is -2.17. The van der Waals surface area contributed by atoms with Crippen LogP contribution in [0.4, 0.5) is 0 Å². The molecule has 0 aromatic heterocycles. The van der Waals surface area contributed by atoms with Crippen LogP contribution in [0.25, 0.3) is 0 Å². The first kappa shape index (κ1) is 13.7. The van der Waals surface area contributed by atoms with E-state index in [1.807, 2.05) is 19.1 Å². The van der Waals surface area contributed by atoms with E-state index in [0.29, 0.717) is 5.92 Å². The van der Waals surface area contributed by atoms with Gasteiger partial charge in [0.2, 0.25) is 0 Å². The molecule has 2 rings (SSSR count). The van der Waals surface area contributed by atoms with Crippen LogP contribution in [0.15, 0.2) is 46.7 Å². The summed E-state index contributed by atoms with van der Waals surface area (Å²) in [5.74, 6) is 1.48. The Hall–Kier alpha value is -0.730. The summed E-state index contributed by atoms with van der Waals surface area (Å²) < 4.78 is 6.54. The van der Waals surface area contributed by atoms with E-state index in [2.05, 4.69) is 40.2 Å². The highest BCUT2D eigenvalue weighted by Crippen LogP contribution is 2.27. The maximum Gasteiger partial charge on any atom is 0.115 e. The van der Waals surface area contributed by atoms with Crippen LogP contribution < -0.4 is 0 Å². The Morgan fingerprint density at radius 2 is 2.28 bits per heavy atom. The SMILES string of the molecule is CCOC1=CCC(Cc2cc(Br)ccc2Cl)C=C1. The minimum absolute atomic E-state index is 0.501. The number of hydrogen-bond acceptors (Lipinski definition) is 1. The van der Waals surface area contributed by atoms with Gasteiger partial charge < -0.3 is 4.74 Å². The summed E-state index contributed by atoms with van der Waals surface area (Å²) in [6.45, 7) is 2.72. The lowest BCUT2D eigenvalue weighted by Crippen LogP contribution is -2.05.